The van der Waals surface area contributed by atoms with Crippen LogP contribution in [-0.2, 0) is 11.3 Å². The molecule has 3 aromatic rings. The molecule has 0 saturated heterocycles. The van der Waals surface area contributed by atoms with Crippen LogP contribution in [0.1, 0.15) is 53.6 Å². The average molecular weight is 492 g/mol. The van der Waals surface area contributed by atoms with E-state index in [1.807, 2.05) is 30.3 Å². The van der Waals surface area contributed by atoms with Gasteiger partial charge in [0.15, 0.2) is 0 Å². The van der Waals surface area contributed by atoms with Crippen LogP contribution >= 0.6 is 11.6 Å². The number of carbonyl (C=O) groups excluding carboxylic acids is 2. The molecule has 2 unspecified atom stereocenters. The molecular formula is C29H34ClN3O2. The summed E-state index contributed by atoms with van der Waals surface area (Å²) >= 11 is 5.75. The highest BCUT2D eigenvalue weighted by molar-refractivity contribution is 6.30. The van der Waals surface area contributed by atoms with Gasteiger partial charge < -0.3 is 16.0 Å². The second kappa shape index (κ2) is 14.3. The quantitative estimate of drug-likeness (QED) is 0.336. The first kappa shape index (κ1) is 26.5. The van der Waals surface area contributed by atoms with E-state index in [0.717, 1.165) is 17.5 Å². The number of hydrogen-bond donors (Lipinski definition) is 3. The number of carbonyl (C=O) groups is 2. The fourth-order valence-electron chi connectivity index (χ4n) is 3.68. The van der Waals surface area contributed by atoms with Gasteiger partial charge in [-0.1, -0.05) is 85.6 Å². The third kappa shape index (κ3) is 9.55. The van der Waals surface area contributed by atoms with Gasteiger partial charge in [-0.2, -0.15) is 0 Å². The van der Waals surface area contributed by atoms with Gasteiger partial charge in [-0.05, 0) is 54.8 Å². The molecule has 0 aliphatic heterocycles. The van der Waals surface area contributed by atoms with Crippen LogP contribution in [0.2, 0.25) is 5.02 Å². The minimum atomic E-state index is -0.304. The normalized spacial score (nSPS) is 15.9. The summed E-state index contributed by atoms with van der Waals surface area (Å²) in [4.78, 5) is 23.5. The monoisotopic (exact) mass is 491 g/mol. The van der Waals surface area contributed by atoms with E-state index in [1.54, 1.807) is 24.3 Å². The summed E-state index contributed by atoms with van der Waals surface area (Å²) in [7, 11) is 0. The van der Waals surface area contributed by atoms with Crippen molar-refractivity contribution in [3.05, 3.63) is 107 Å². The molecule has 0 spiro atoms. The van der Waals surface area contributed by atoms with E-state index in [9.17, 15) is 9.59 Å². The molecule has 0 heterocycles. The molecule has 1 aliphatic rings. The van der Waals surface area contributed by atoms with Crippen LogP contribution in [0.5, 0.6) is 0 Å². The van der Waals surface area contributed by atoms with Crippen LogP contribution in [0.3, 0.4) is 0 Å². The largest absolute Gasteiger partial charge is 0.350 e. The zero-order chi connectivity index (χ0) is 24.9. The van der Waals surface area contributed by atoms with E-state index in [-0.39, 0.29) is 18.4 Å². The molecule has 1 aliphatic carbocycles. The van der Waals surface area contributed by atoms with Crippen LogP contribution in [0.25, 0.3) is 0 Å². The van der Waals surface area contributed by atoms with Gasteiger partial charge in [0.25, 0.3) is 5.91 Å². The Morgan fingerprint density at radius 3 is 2.20 bits per heavy atom. The number of halogens is 1. The predicted octanol–water partition coefficient (Wildman–Crippen LogP) is 5.32. The lowest BCUT2D eigenvalue weighted by atomic mass is 10.1. The maximum atomic E-state index is 11.8. The van der Waals surface area contributed by atoms with Gasteiger partial charge in [0, 0.05) is 29.1 Å². The average Bonchev–Trinajstić information content (AvgIpc) is 3.68. The summed E-state index contributed by atoms with van der Waals surface area (Å²) in [5, 5.41) is 9.47. The van der Waals surface area contributed by atoms with E-state index in [0.29, 0.717) is 17.1 Å². The van der Waals surface area contributed by atoms with Crippen LogP contribution in [0.4, 0.5) is 0 Å². The van der Waals surface area contributed by atoms with Crippen molar-refractivity contribution in [3.8, 4) is 0 Å². The topological polar surface area (TPSA) is 70.2 Å². The molecular weight excluding hydrogens is 458 g/mol. The second-order valence-corrected chi connectivity index (χ2v) is 9.06. The first-order chi connectivity index (χ1) is 17.1. The van der Waals surface area contributed by atoms with Crippen molar-refractivity contribution in [3.63, 3.8) is 0 Å². The first-order valence-corrected chi connectivity index (χ1v) is 12.6. The molecule has 0 aromatic heterocycles. The lowest BCUT2D eigenvalue weighted by molar-refractivity contribution is -0.120. The molecule has 4 rings (SSSR count). The zero-order valence-corrected chi connectivity index (χ0v) is 20.9. The molecule has 1 fully saturated rings. The van der Waals surface area contributed by atoms with Gasteiger partial charge in [0.2, 0.25) is 5.91 Å². The molecule has 0 radical (unpaired) electrons. The highest BCUT2D eigenvalue weighted by atomic mass is 35.5. The molecule has 6 heteroatoms. The van der Waals surface area contributed by atoms with Crippen molar-refractivity contribution in [2.45, 2.75) is 44.7 Å². The maximum absolute atomic E-state index is 11.8. The minimum absolute atomic E-state index is 0.0612. The second-order valence-electron chi connectivity index (χ2n) is 8.62. The van der Waals surface area contributed by atoms with Crippen molar-refractivity contribution >= 4 is 23.4 Å². The van der Waals surface area contributed by atoms with Crippen LogP contribution in [-0.4, -0.2) is 30.9 Å². The molecule has 3 N–H and O–H groups in total. The number of benzene rings is 3. The maximum Gasteiger partial charge on any atom is 0.251 e. The predicted molar refractivity (Wildman–Crippen MR) is 143 cm³/mol. The van der Waals surface area contributed by atoms with Crippen LogP contribution in [0.15, 0.2) is 84.9 Å². The van der Waals surface area contributed by atoms with Gasteiger partial charge in [-0.25, -0.2) is 0 Å². The SMILES string of the molecule is CCCCNC1CC1c1ccccc1.O=C(CNC(=O)c1ccc(Cl)cc1)NCc1ccccc1. The highest BCUT2D eigenvalue weighted by Gasteiger charge is 2.37. The Kier molecular flexibility index (Phi) is 10.8. The number of amides is 2. The first-order valence-electron chi connectivity index (χ1n) is 12.2. The lowest BCUT2D eigenvalue weighted by Crippen LogP contribution is -2.36. The molecule has 0 bridgehead atoms. The highest BCUT2D eigenvalue weighted by Crippen LogP contribution is 2.40. The summed E-state index contributed by atoms with van der Waals surface area (Å²) in [6, 6.07) is 27.7. The van der Waals surface area contributed by atoms with Gasteiger partial charge in [-0.15, -0.1) is 0 Å². The molecule has 5 nitrogen and oxygen atoms in total. The van der Waals surface area contributed by atoms with Gasteiger partial charge in [-0.3, -0.25) is 9.59 Å². The zero-order valence-electron chi connectivity index (χ0n) is 20.2. The third-order valence-electron chi connectivity index (χ3n) is 5.80. The number of hydrogen-bond acceptors (Lipinski definition) is 3. The van der Waals surface area contributed by atoms with Crippen molar-refractivity contribution in [2.75, 3.05) is 13.1 Å². The van der Waals surface area contributed by atoms with E-state index < -0.39 is 0 Å². The molecule has 1 saturated carbocycles. The van der Waals surface area contributed by atoms with E-state index in [1.165, 1.54) is 31.4 Å². The molecule has 35 heavy (non-hydrogen) atoms. The van der Waals surface area contributed by atoms with Crippen molar-refractivity contribution in [1.29, 1.82) is 0 Å². The smallest absolute Gasteiger partial charge is 0.251 e. The van der Waals surface area contributed by atoms with Gasteiger partial charge in [0.1, 0.15) is 0 Å². The Balaban J connectivity index is 0.000000211. The molecule has 3 aromatic carbocycles. The molecule has 2 amide bonds. The molecule has 2 atom stereocenters. The Bertz CT molecular complexity index is 1040. The standard InChI is InChI=1S/C16H15ClN2O2.C13H19N/c17-14-8-6-13(7-9-14)16(21)19-11-15(20)18-10-12-4-2-1-3-5-12;1-2-3-9-14-13-10-12(13)11-7-5-4-6-8-11/h1-9H,10-11H2,(H,18,20)(H,19,21);4-8,12-14H,2-3,9-10H2,1H3. The fraction of sp³-hybridized carbons (Fsp3) is 0.310. The minimum Gasteiger partial charge on any atom is -0.350 e. The van der Waals surface area contributed by atoms with Crippen molar-refractivity contribution in [1.82, 2.24) is 16.0 Å². The fourth-order valence-corrected chi connectivity index (χ4v) is 3.80. The summed E-state index contributed by atoms with van der Waals surface area (Å²) in [6.45, 7) is 3.80. The Morgan fingerprint density at radius 1 is 0.886 bits per heavy atom. The van der Waals surface area contributed by atoms with E-state index >= 15 is 0 Å². The number of nitrogens with one attached hydrogen (secondary N) is 3. The lowest BCUT2D eigenvalue weighted by Gasteiger charge is -2.07. The van der Waals surface area contributed by atoms with Crippen molar-refractivity contribution < 1.29 is 9.59 Å². The van der Waals surface area contributed by atoms with E-state index in [2.05, 4.69) is 53.2 Å². The third-order valence-corrected chi connectivity index (χ3v) is 6.06. The summed E-state index contributed by atoms with van der Waals surface area (Å²) in [6.07, 6.45) is 3.92. The van der Waals surface area contributed by atoms with Gasteiger partial charge in [0.05, 0.1) is 6.54 Å². The van der Waals surface area contributed by atoms with Crippen LogP contribution in [0, 0.1) is 0 Å². The molecule has 184 valence electrons. The Labute approximate surface area is 213 Å². The van der Waals surface area contributed by atoms with Crippen LogP contribution < -0.4 is 16.0 Å². The van der Waals surface area contributed by atoms with E-state index in [4.69, 9.17) is 11.6 Å². The summed E-state index contributed by atoms with van der Waals surface area (Å²) in [5.74, 6) is 0.246. The van der Waals surface area contributed by atoms with Crippen molar-refractivity contribution in [2.24, 2.45) is 0 Å². The Hall–Kier alpha value is -3.15. The summed E-state index contributed by atoms with van der Waals surface area (Å²) in [5.41, 5.74) is 2.98. The van der Waals surface area contributed by atoms with Gasteiger partial charge >= 0.3 is 0 Å². The Morgan fingerprint density at radius 2 is 1.54 bits per heavy atom. The number of unbranched alkanes of at least 4 members (excludes halogenated alkanes) is 1. The number of rotatable bonds is 10. The summed E-state index contributed by atoms with van der Waals surface area (Å²) < 4.78 is 0.